The van der Waals surface area contributed by atoms with E-state index in [0.717, 1.165) is 104 Å². The van der Waals surface area contributed by atoms with E-state index in [-0.39, 0.29) is 0 Å². The van der Waals surface area contributed by atoms with Gasteiger partial charge in [0.1, 0.15) is 23.3 Å². The molecule has 4 aromatic heterocycles. The van der Waals surface area contributed by atoms with Crippen molar-refractivity contribution in [1.82, 2.24) is 18.3 Å². The fourth-order valence-corrected chi connectivity index (χ4v) is 12.1. The normalized spacial score (nSPS) is 11.9. The van der Waals surface area contributed by atoms with Crippen molar-refractivity contribution in [3.8, 4) is 46.0 Å². The maximum atomic E-state index is 12.3. The third-order valence-electron chi connectivity index (χ3n) is 15.0. The molecule has 332 valence electrons. The summed E-state index contributed by atoms with van der Waals surface area (Å²) in [5.74, 6) is 0. The molecule has 0 fully saturated rings. The molecular formula is C66H38N6. The van der Waals surface area contributed by atoms with Crippen molar-refractivity contribution in [2.75, 3.05) is 0 Å². The molecule has 0 radical (unpaired) electrons. The average Bonchev–Trinajstić information content (AvgIpc) is 4.17. The van der Waals surface area contributed by atoms with Crippen LogP contribution in [0.15, 0.2) is 231 Å². The molecule has 0 saturated carbocycles. The first kappa shape index (κ1) is 39.8. The summed E-state index contributed by atoms with van der Waals surface area (Å²) in [4.78, 5) is 0. The van der Waals surface area contributed by atoms with Crippen molar-refractivity contribution in [1.29, 1.82) is 10.5 Å². The largest absolute Gasteiger partial charge is 0.309 e. The van der Waals surface area contributed by atoms with Gasteiger partial charge in [0.2, 0.25) is 0 Å². The van der Waals surface area contributed by atoms with Crippen molar-refractivity contribution >= 4 is 98.0 Å². The fraction of sp³-hybridized carbons (Fsp3) is 0. The maximum absolute atomic E-state index is 12.3. The third kappa shape index (κ3) is 5.41. The van der Waals surface area contributed by atoms with Crippen LogP contribution in [0.5, 0.6) is 0 Å². The van der Waals surface area contributed by atoms with Crippen LogP contribution in [0, 0.1) is 22.7 Å². The van der Waals surface area contributed by atoms with E-state index in [4.69, 9.17) is 0 Å². The van der Waals surface area contributed by atoms with Crippen LogP contribution in [0.4, 0.5) is 0 Å². The predicted octanol–water partition coefficient (Wildman–Crippen LogP) is 16.6. The maximum Gasteiger partial charge on any atom is 0.104 e. The molecule has 0 amide bonds. The second-order valence-corrected chi connectivity index (χ2v) is 18.6. The van der Waals surface area contributed by atoms with Crippen LogP contribution in [-0.4, -0.2) is 18.3 Å². The van der Waals surface area contributed by atoms with Crippen LogP contribution >= 0.6 is 0 Å². The molecule has 0 aliphatic rings. The fourth-order valence-electron chi connectivity index (χ4n) is 12.1. The summed E-state index contributed by atoms with van der Waals surface area (Å²) >= 11 is 0. The van der Waals surface area contributed by atoms with Gasteiger partial charge in [-0.15, -0.1) is 0 Å². The Bertz CT molecular complexity index is 4590. The number of rotatable bonds is 5. The van der Waals surface area contributed by atoms with Crippen LogP contribution in [0.25, 0.3) is 132 Å². The number of para-hydroxylation sites is 7. The topological polar surface area (TPSA) is 67.3 Å². The van der Waals surface area contributed by atoms with Gasteiger partial charge in [-0.05, 0) is 83.1 Å². The van der Waals surface area contributed by atoms with Crippen molar-refractivity contribution < 1.29 is 0 Å². The Balaban J connectivity index is 1.17. The summed E-state index contributed by atoms with van der Waals surface area (Å²) in [5.41, 5.74) is 13.2. The van der Waals surface area contributed by atoms with E-state index in [0.29, 0.717) is 28.2 Å². The van der Waals surface area contributed by atoms with Gasteiger partial charge in [-0.1, -0.05) is 164 Å². The number of nitrogens with zero attached hydrogens (tertiary/aromatic N) is 6. The molecular weight excluding hydrogens is 877 g/mol. The quantitative estimate of drug-likeness (QED) is 0.173. The van der Waals surface area contributed by atoms with E-state index in [9.17, 15) is 10.5 Å². The minimum absolute atomic E-state index is 0.389. The summed E-state index contributed by atoms with van der Waals surface area (Å²) < 4.78 is 9.10. The second kappa shape index (κ2) is 15.2. The molecule has 6 heteroatoms. The molecule has 0 bridgehead atoms. The van der Waals surface area contributed by atoms with Gasteiger partial charge in [-0.2, -0.15) is 10.5 Å². The molecule has 0 aliphatic carbocycles. The number of hydrogen-bond acceptors (Lipinski definition) is 2. The van der Waals surface area contributed by atoms with E-state index in [1.54, 1.807) is 0 Å². The van der Waals surface area contributed by atoms with Gasteiger partial charge in [0, 0.05) is 54.3 Å². The van der Waals surface area contributed by atoms with Gasteiger partial charge < -0.3 is 18.3 Å². The first-order chi connectivity index (χ1) is 35.7. The van der Waals surface area contributed by atoms with Gasteiger partial charge in [0.25, 0.3) is 0 Å². The standard InChI is InChI=1S/C66H38N6/c67-39-53-64(70-61-32-16-9-25-51(61)52-38-44(35-36-62(52)70)69-55-26-10-3-19-45(55)46-20-4-11-27-56(46)69)54(40-68)66(72-59-30-14-7-23-49(59)50-24-8-15-31-60(50)72)63(43-34-33-41-17-1-2-18-42(41)37-43)65(53)71-57-28-12-5-21-47(57)48-22-6-13-29-58(48)71/h1-38H. The average molecular weight is 915 g/mol. The molecule has 0 unspecified atom stereocenters. The number of benzene rings is 11. The van der Waals surface area contributed by atoms with Crippen LogP contribution in [0.3, 0.4) is 0 Å². The Hall–Kier alpha value is -10.1. The first-order valence-electron chi connectivity index (χ1n) is 24.2. The van der Waals surface area contributed by atoms with Gasteiger partial charge in [-0.3, -0.25) is 0 Å². The van der Waals surface area contributed by atoms with Crippen LogP contribution in [0.2, 0.25) is 0 Å². The van der Waals surface area contributed by atoms with E-state index in [1.807, 2.05) is 0 Å². The summed E-state index contributed by atoms with van der Waals surface area (Å²) in [7, 11) is 0. The summed E-state index contributed by atoms with van der Waals surface area (Å²) in [5, 5.41) is 35.4. The molecule has 4 heterocycles. The van der Waals surface area contributed by atoms with Crippen LogP contribution in [-0.2, 0) is 0 Å². The van der Waals surface area contributed by atoms with Crippen molar-refractivity contribution in [2.45, 2.75) is 0 Å². The summed E-state index contributed by atoms with van der Waals surface area (Å²) in [6, 6.07) is 86.6. The van der Waals surface area contributed by atoms with Gasteiger partial charge in [0.15, 0.2) is 0 Å². The Morgan fingerprint density at radius 1 is 0.264 bits per heavy atom. The highest BCUT2D eigenvalue weighted by molar-refractivity contribution is 6.16. The lowest BCUT2D eigenvalue weighted by Crippen LogP contribution is -2.14. The number of aromatic nitrogens is 4. The molecule has 0 N–H and O–H groups in total. The van der Waals surface area contributed by atoms with Gasteiger partial charge in [0.05, 0.1) is 61.2 Å². The van der Waals surface area contributed by atoms with Crippen molar-refractivity contribution in [2.24, 2.45) is 0 Å². The minimum atomic E-state index is 0.389. The number of hydrogen-bond donors (Lipinski definition) is 0. The smallest absolute Gasteiger partial charge is 0.104 e. The van der Waals surface area contributed by atoms with E-state index < -0.39 is 0 Å². The molecule has 72 heavy (non-hydrogen) atoms. The summed E-state index contributed by atoms with van der Waals surface area (Å²) in [6.45, 7) is 0. The molecule has 11 aromatic carbocycles. The zero-order chi connectivity index (χ0) is 47.6. The van der Waals surface area contributed by atoms with Crippen molar-refractivity contribution in [3.05, 3.63) is 242 Å². The minimum Gasteiger partial charge on any atom is -0.309 e. The monoisotopic (exact) mass is 914 g/mol. The molecule has 0 saturated heterocycles. The zero-order valence-electron chi connectivity index (χ0n) is 38.6. The van der Waals surface area contributed by atoms with Gasteiger partial charge in [-0.25, -0.2) is 0 Å². The number of fused-ring (bicyclic) bond motifs is 13. The lowest BCUT2D eigenvalue weighted by molar-refractivity contribution is 1.08. The molecule has 0 aliphatic heterocycles. The third-order valence-corrected chi connectivity index (χ3v) is 15.0. The first-order valence-corrected chi connectivity index (χ1v) is 24.2. The Labute approximate surface area is 412 Å². The zero-order valence-corrected chi connectivity index (χ0v) is 38.6. The van der Waals surface area contributed by atoms with Crippen LogP contribution in [0.1, 0.15) is 11.1 Å². The lowest BCUT2D eigenvalue weighted by atomic mass is 9.90. The lowest BCUT2D eigenvalue weighted by Gasteiger charge is -2.26. The van der Waals surface area contributed by atoms with E-state index >= 15 is 0 Å². The highest BCUT2D eigenvalue weighted by atomic mass is 15.1. The number of nitriles is 2. The second-order valence-electron chi connectivity index (χ2n) is 18.6. The predicted molar refractivity (Wildman–Crippen MR) is 296 cm³/mol. The van der Waals surface area contributed by atoms with E-state index in [2.05, 4.69) is 261 Å². The molecule has 0 spiro atoms. The molecule has 6 nitrogen and oxygen atoms in total. The highest BCUT2D eigenvalue weighted by Gasteiger charge is 2.33. The van der Waals surface area contributed by atoms with Gasteiger partial charge >= 0.3 is 0 Å². The summed E-state index contributed by atoms with van der Waals surface area (Å²) in [6.07, 6.45) is 0. The Morgan fingerprint density at radius 2 is 0.597 bits per heavy atom. The molecule has 0 atom stereocenters. The molecule has 15 rings (SSSR count). The van der Waals surface area contributed by atoms with Crippen LogP contribution < -0.4 is 0 Å². The Morgan fingerprint density at radius 3 is 1.01 bits per heavy atom. The molecule has 15 aromatic rings. The highest BCUT2D eigenvalue weighted by Crippen LogP contribution is 2.49. The SMILES string of the molecule is N#Cc1c(-n2c3ccccc3c3cc(-n4c5ccccc5c5ccccc54)ccc32)c(C#N)c(-n2c3ccccc3c3ccccc32)c(-c2ccc3ccccc3c2)c1-n1c2ccccc2c2ccccc21. The Kier molecular flexibility index (Phi) is 8.39. The van der Waals surface area contributed by atoms with E-state index in [1.165, 1.54) is 10.8 Å². The van der Waals surface area contributed by atoms with Crippen molar-refractivity contribution in [3.63, 3.8) is 0 Å².